The summed E-state index contributed by atoms with van der Waals surface area (Å²) >= 11 is 3.44. The standard InChI is InChI=1S/C29H26BrN3O6/c1-4-38-24-15-19(13-21-27(35)32-29(37)33(28(21)36)20-8-6-5-7-9-20)14-22(30)26(24)39-16-25(34)31-23-12-17(2)10-11-18(23)3/h5-15H,4,16H2,1-3H3,(H,31,34)(H,32,35,37)/b21-13-. The van der Waals surface area contributed by atoms with Gasteiger partial charge in [0.2, 0.25) is 0 Å². The van der Waals surface area contributed by atoms with Crippen molar-refractivity contribution in [3.63, 3.8) is 0 Å². The number of nitrogens with one attached hydrogen (secondary N) is 2. The summed E-state index contributed by atoms with van der Waals surface area (Å²) in [7, 11) is 0. The zero-order valence-corrected chi connectivity index (χ0v) is 23.1. The van der Waals surface area contributed by atoms with Crippen molar-refractivity contribution in [2.75, 3.05) is 23.4 Å². The van der Waals surface area contributed by atoms with Crippen LogP contribution in [-0.2, 0) is 14.4 Å². The number of amides is 5. The lowest BCUT2D eigenvalue weighted by Gasteiger charge is -2.26. The number of barbiturate groups is 1. The van der Waals surface area contributed by atoms with Crippen LogP contribution in [0.25, 0.3) is 6.08 Å². The Bertz CT molecular complexity index is 1490. The lowest BCUT2D eigenvalue weighted by atomic mass is 10.1. The van der Waals surface area contributed by atoms with Gasteiger partial charge in [-0.1, -0.05) is 30.3 Å². The molecule has 3 aromatic rings. The number of rotatable bonds is 8. The first-order chi connectivity index (χ1) is 18.7. The molecule has 2 N–H and O–H groups in total. The van der Waals surface area contributed by atoms with Crippen LogP contribution in [0.3, 0.4) is 0 Å². The van der Waals surface area contributed by atoms with Crippen molar-refractivity contribution in [3.05, 3.63) is 87.4 Å². The molecule has 5 amide bonds. The maximum Gasteiger partial charge on any atom is 0.335 e. The van der Waals surface area contributed by atoms with E-state index in [0.717, 1.165) is 16.0 Å². The molecule has 9 nitrogen and oxygen atoms in total. The average molecular weight is 592 g/mol. The summed E-state index contributed by atoms with van der Waals surface area (Å²) < 4.78 is 12.0. The van der Waals surface area contributed by atoms with Gasteiger partial charge < -0.3 is 14.8 Å². The third-order valence-electron chi connectivity index (χ3n) is 5.77. The Hall–Kier alpha value is -4.44. The number of para-hydroxylation sites is 1. The van der Waals surface area contributed by atoms with Crippen LogP contribution < -0.4 is 25.0 Å². The van der Waals surface area contributed by atoms with Gasteiger partial charge >= 0.3 is 6.03 Å². The van der Waals surface area contributed by atoms with E-state index in [1.54, 1.807) is 49.4 Å². The fraction of sp³-hybridized carbons (Fsp3) is 0.172. The summed E-state index contributed by atoms with van der Waals surface area (Å²) in [6.07, 6.45) is 1.37. The summed E-state index contributed by atoms with van der Waals surface area (Å²) in [6, 6.07) is 16.5. The SMILES string of the molecule is CCOc1cc(/C=C2/C(=O)NC(=O)N(c3ccccc3)C2=O)cc(Br)c1OCC(=O)Nc1cc(C)ccc1C. The number of imide groups is 2. The molecule has 0 spiro atoms. The summed E-state index contributed by atoms with van der Waals surface area (Å²) in [6.45, 7) is 5.65. The third kappa shape index (κ3) is 6.35. The number of aryl methyl sites for hydroxylation is 2. The van der Waals surface area contributed by atoms with E-state index in [2.05, 4.69) is 26.6 Å². The summed E-state index contributed by atoms with van der Waals surface area (Å²) in [4.78, 5) is 51.6. The maximum atomic E-state index is 13.1. The van der Waals surface area contributed by atoms with Crippen LogP contribution in [0.2, 0.25) is 0 Å². The summed E-state index contributed by atoms with van der Waals surface area (Å²) in [5.41, 5.74) is 3.19. The predicted molar refractivity (Wildman–Crippen MR) is 151 cm³/mol. The highest BCUT2D eigenvalue weighted by molar-refractivity contribution is 9.10. The molecule has 0 bridgehead atoms. The van der Waals surface area contributed by atoms with Crippen LogP contribution in [0.1, 0.15) is 23.6 Å². The quantitative estimate of drug-likeness (QED) is 0.277. The Morgan fingerprint density at radius 2 is 1.77 bits per heavy atom. The van der Waals surface area contributed by atoms with Crippen molar-refractivity contribution < 1.29 is 28.7 Å². The minimum absolute atomic E-state index is 0.227. The van der Waals surface area contributed by atoms with Crippen LogP contribution in [-0.4, -0.2) is 37.0 Å². The lowest BCUT2D eigenvalue weighted by molar-refractivity contribution is -0.122. The van der Waals surface area contributed by atoms with Crippen molar-refractivity contribution >= 4 is 57.1 Å². The first-order valence-corrected chi connectivity index (χ1v) is 12.9. The fourth-order valence-electron chi connectivity index (χ4n) is 3.90. The Morgan fingerprint density at radius 1 is 1.03 bits per heavy atom. The topological polar surface area (TPSA) is 114 Å². The van der Waals surface area contributed by atoms with Crippen molar-refractivity contribution in [1.29, 1.82) is 0 Å². The van der Waals surface area contributed by atoms with Gasteiger partial charge in [0.25, 0.3) is 17.7 Å². The van der Waals surface area contributed by atoms with Crippen LogP contribution in [0.4, 0.5) is 16.2 Å². The van der Waals surface area contributed by atoms with E-state index in [-0.39, 0.29) is 23.8 Å². The molecular formula is C29H26BrN3O6. The number of ether oxygens (including phenoxy) is 2. The molecule has 1 heterocycles. The highest BCUT2D eigenvalue weighted by atomic mass is 79.9. The van der Waals surface area contributed by atoms with Crippen LogP contribution >= 0.6 is 15.9 Å². The van der Waals surface area contributed by atoms with E-state index in [0.29, 0.717) is 33.8 Å². The first-order valence-electron chi connectivity index (χ1n) is 12.1. The van der Waals surface area contributed by atoms with Gasteiger partial charge in [-0.15, -0.1) is 0 Å². The molecule has 1 aliphatic rings. The van der Waals surface area contributed by atoms with E-state index in [9.17, 15) is 19.2 Å². The van der Waals surface area contributed by atoms with Crippen molar-refractivity contribution in [2.45, 2.75) is 20.8 Å². The molecule has 4 rings (SSSR count). The van der Waals surface area contributed by atoms with E-state index in [1.165, 1.54) is 6.08 Å². The monoisotopic (exact) mass is 591 g/mol. The molecule has 0 unspecified atom stereocenters. The number of halogens is 1. The number of carbonyl (C=O) groups is 4. The molecule has 39 heavy (non-hydrogen) atoms. The summed E-state index contributed by atoms with van der Waals surface area (Å²) in [5, 5.41) is 5.05. The van der Waals surface area contributed by atoms with Gasteiger partial charge in [-0.25, -0.2) is 9.69 Å². The fourth-order valence-corrected chi connectivity index (χ4v) is 4.48. The number of hydrogen-bond acceptors (Lipinski definition) is 6. The van der Waals surface area contributed by atoms with Gasteiger partial charge in [-0.3, -0.25) is 19.7 Å². The molecule has 0 radical (unpaired) electrons. The normalized spacial score (nSPS) is 14.3. The highest BCUT2D eigenvalue weighted by Crippen LogP contribution is 2.38. The first kappa shape index (κ1) is 27.6. The molecule has 200 valence electrons. The number of nitrogens with zero attached hydrogens (tertiary/aromatic N) is 1. The maximum absolute atomic E-state index is 13.1. The highest BCUT2D eigenvalue weighted by Gasteiger charge is 2.36. The average Bonchev–Trinajstić information content (AvgIpc) is 2.89. The van der Waals surface area contributed by atoms with Gasteiger partial charge in [-0.2, -0.15) is 0 Å². The Kier molecular flexibility index (Phi) is 8.46. The molecule has 0 saturated carbocycles. The lowest BCUT2D eigenvalue weighted by Crippen LogP contribution is -2.54. The Morgan fingerprint density at radius 3 is 2.49 bits per heavy atom. The smallest absolute Gasteiger partial charge is 0.335 e. The van der Waals surface area contributed by atoms with E-state index < -0.39 is 17.8 Å². The minimum Gasteiger partial charge on any atom is -0.490 e. The van der Waals surface area contributed by atoms with Crippen LogP contribution in [0.5, 0.6) is 11.5 Å². The number of anilines is 2. The third-order valence-corrected chi connectivity index (χ3v) is 6.36. The largest absolute Gasteiger partial charge is 0.490 e. The van der Waals surface area contributed by atoms with E-state index in [1.807, 2.05) is 32.0 Å². The molecular weight excluding hydrogens is 566 g/mol. The molecule has 10 heteroatoms. The Labute approximate surface area is 233 Å². The van der Waals surface area contributed by atoms with Crippen LogP contribution in [0, 0.1) is 13.8 Å². The van der Waals surface area contributed by atoms with Crippen molar-refractivity contribution in [1.82, 2.24) is 5.32 Å². The molecule has 3 aromatic carbocycles. The van der Waals surface area contributed by atoms with Gasteiger partial charge in [0.15, 0.2) is 18.1 Å². The molecule has 1 fully saturated rings. The van der Waals surface area contributed by atoms with Gasteiger partial charge in [0.05, 0.1) is 16.8 Å². The second kappa shape index (κ2) is 12.0. The molecule has 0 aliphatic carbocycles. The van der Waals surface area contributed by atoms with Gasteiger partial charge in [0.1, 0.15) is 5.57 Å². The van der Waals surface area contributed by atoms with Crippen molar-refractivity contribution in [2.24, 2.45) is 0 Å². The second-order valence-corrected chi connectivity index (χ2v) is 9.57. The molecule has 0 aromatic heterocycles. The zero-order chi connectivity index (χ0) is 28.1. The Balaban J connectivity index is 1.58. The second-order valence-electron chi connectivity index (χ2n) is 8.71. The van der Waals surface area contributed by atoms with E-state index >= 15 is 0 Å². The molecule has 1 saturated heterocycles. The van der Waals surface area contributed by atoms with Crippen molar-refractivity contribution in [3.8, 4) is 11.5 Å². The molecule has 1 aliphatic heterocycles. The molecule has 0 atom stereocenters. The minimum atomic E-state index is -0.826. The number of urea groups is 1. The number of carbonyl (C=O) groups excluding carboxylic acids is 4. The zero-order valence-electron chi connectivity index (χ0n) is 21.5. The van der Waals surface area contributed by atoms with Gasteiger partial charge in [-0.05, 0) is 89.8 Å². The predicted octanol–water partition coefficient (Wildman–Crippen LogP) is 5.15. The number of hydrogen-bond donors (Lipinski definition) is 2. The van der Waals surface area contributed by atoms with Crippen LogP contribution in [0.15, 0.2) is 70.7 Å². The van der Waals surface area contributed by atoms with Gasteiger partial charge in [0, 0.05) is 5.69 Å². The number of benzene rings is 3. The summed E-state index contributed by atoms with van der Waals surface area (Å²) in [5.74, 6) is -1.32. The van der Waals surface area contributed by atoms with E-state index in [4.69, 9.17) is 9.47 Å².